The van der Waals surface area contributed by atoms with Gasteiger partial charge in [-0.1, -0.05) is 41.5 Å². The van der Waals surface area contributed by atoms with Crippen LogP contribution in [0.3, 0.4) is 0 Å². The van der Waals surface area contributed by atoms with E-state index < -0.39 is 5.91 Å². The minimum absolute atomic E-state index is 0.0531. The van der Waals surface area contributed by atoms with Crippen molar-refractivity contribution in [1.82, 2.24) is 10.2 Å². The molecule has 154 valence electrons. The molecular weight excluding hydrogens is 398 g/mol. The summed E-state index contributed by atoms with van der Waals surface area (Å²) in [5.41, 5.74) is 0.930. The number of carbonyl (C=O) groups is 1. The van der Waals surface area contributed by atoms with Crippen molar-refractivity contribution in [1.29, 1.82) is 0 Å². The summed E-state index contributed by atoms with van der Waals surface area (Å²) in [6, 6.07) is 18.5. The van der Waals surface area contributed by atoms with E-state index in [2.05, 4.69) is 15.5 Å². The van der Waals surface area contributed by atoms with Crippen LogP contribution < -0.4 is 14.8 Å². The summed E-state index contributed by atoms with van der Waals surface area (Å²) in [5.74, 6) is 1.12. The highest BCUT2D eigenvalue weighted by Crippen LogP contribution is 2.33. The third-order valence-electron chi connectivity index (χ3n) is 4.90. The molecule has 0 fully saturated rings. The Hall–Kier alpha value is -4.33. The fourth-order valence-electron chi connectivity index (χ4n) is 3.41. The van der Waals surface area contributed by atoms with Crippen LogP contribution in [-0.4, -0.2) is 30.3 Å². The lowest BCUT2D eigenvalue weighted by Crippen LogP contribution is -2.13. The Labute approximate surface area is 176 Å². The van der Waals surface area contributed by atoms with Gasteiger partial charge in [0, 0.05) is 5.39 Å². The molecule has 0 aliphatic rings. The van der Waals surface area contributed by atoms with Gasteiger partial charge < -0.3 is 18.3 Å². The molecule has 0 radical (unpaired) electrons. The Morgan fingerprint density at radius 1 is 0.839 bits per heavy atom. The molecule has 0 atom stereocenters. The summed E-state index contributed by atoms with van der Waals surface area (Å²) in [7, 11) is 3.08. The highest BCUT2D eigenvalue weighted by Gasteiger charge is 2.19. The van der Waals surface area contributed by atoms with Crippen LogP contribution in [0.25, 0.3) is 33.4 Å². The Morgan fingerprint density at radius 3 is 2.35 bits per heavy atom. The molecule has 0 aliphatic heterocycles. The molecule has 8 nitrogen and oxygen atoms in total. The lowest BCUT2D eigenvalue weighted by atomic mass is 10.1. The van der Waals surface area contributed by atoms with Gasteiger partial charge >= 0.3 is 6.01 Å². The van der Waals surface area contributed by atoms with Crippen LogP contribution in [0.4, 0.5) is 6.01 Å². The van der Waals surface area contributed by atoms with E-state index in [4.69, 9.17) is 18.3 Å². The normalized spacial score (nSPS) is 11.0. The summed E-state index contributed by atoms with van der Waals surface area (Å²) in [5, 5.41) is 13.2. The van der Waals surface area contributed by atoms with Gasteiger partial charge in [0.2, 0.25) is 0 Å². The van der Waals surface area contributed by atoms with Crippen molar-refractivity contribution >= 4 is 33.7 Å². The van der Waals surface area contributed by atoms with E-state index in [1.54, 1.807) is 25.3 Å². The van der Waals surface area contributed by atoms with Gasteiger partial charge in [-0.3, -0.25) is 10.1 Å². The standard InChI is InChI=1S/C23H17N3O5/c1-28-17-9-5-8-15-12-19(30-20(15)17)22-25-26-23(31-22)24-21(27)16-10-13-6-3-4-7-14(13)11-18(16)29-2/h3-12H,1-2H3,(H,24,26,27). The molecule has 0 saturated carbocycles. The average Bonchev–Trinajstić information content (AvgIpc) is 3.44. The smallest absolute Gasteiger partial charge is 0.322 e. The molecule has 1 N–H and O–H groups in total. The second-order valence-electron chi connectivity index (χ2n) is 6.76. The fourth-order valence-corrected chi connectivity index (χ4v) is 3.41. The zero-order chi connectivity index (χ0) is 21.4. The summed E-state index contributed by atoms with van der Waals surface area (Å²) < 4.78 is 22.1. The predicted octanol–water partition coefficient (Wildman–Crippen LogP) is 4.91. The van der Waals surface area contributed by atoms with Gasteiger partial charge in [-0.05, 0) is 35.0 Å². The van der Waals surface area contributed by atoms with E-state index >= 15 is 0 Å². The molecule has 5 rings (SSSR count). The number of methoxy groups -OCH3 is 2. The number of aromatic nitrogens is 2. The number of ether oxygens (including phenoxy) is 2. The highest BCUT2D eigenvalue weighted by molar-refractivity contribution is 6.08. The van der Waals surface area contributed by atoms with Crippen molar-refractivity contribution in [3.63, 3.8) is 0 Å². The third kappa shape index (κ3) is 3.33. The van der Waals surface area contributed by atoms with Gasteiger partial charge in [0.05, 0.1) is 19.8 Å². The monoisotopic (exact) mass is 415 g/mol. The molecule has 0 unspecified atom stereocenters. The number of amides is 1. The first-order chi connectivity index (χ1) is 15.2. The number of furan rings is 1. The van der Waals surface area contributed by atoms with Gasteiger partial charge in [0.25, 0.3) is 11.8 Å². The van der Waals surface area contributed by atoms with Crippen molar-refractivity contribution < 1.29 is 23.1 Å². The first-order valence-electron chi connectivity index (χ1n) is 9.45. The van der Waals surface area contributed by atoms with Crippen molar-refractivity contribution in [3.8, 4) is 23.1 Å². The Kier molecular flexibility index (Phi) is 4.51. The van der Waals surface area contributed by atoms with E-state index in [1.807, 2.05) is 42.5 Å². The summed E-state index contributed by atoms with van der Waals surface area (Å²) in [4.78, 5) is 12.8. The van der Waals surface area contributed by atoms with Crippen LogP contribution in [-0.2, 0) is 0 Å². The van der Waals surface area contributed by atoms with Crippen LogP contribution in [0.15, 0.2) is 69.5 Å². The summed E-state index contributed by atoms with van der Waals surface area (Å²) in [6.45, 7) is 0. The Balaban J connectivity index is 1.43. The van der Waals surface area contributed by atoms with E-state index in [9.17, 15) is 4.79 Å². The number of nitrogens with one attached hydrogen (secondary N) is 1. The maximum absolute atomic E-state index is 12.8. The molecular formula is C23H17N3O5. The molecule has 0 spiro atoms. The summed E-state index contributed by atoms with van der Waals surface area (Å²) in [6.07, 6.45) is 0. The number of rotatable bonds is 5. The number of para-hydroxylation sites is 1. The van der Waals surface area contributed by atoms with Crippen LogP contribution in [0.1, 0.15) is 10.4 Å². The number of carbonyl (C=O) groups excluding carboxylic acids is 1. The van der Waals surface area contributed by atoms with E-state index in [0.717, 1.165) is 16.2 Å². The van der Waals surface area contributed by atoms with Crippen molar-refractivity contribution in [2.75, 3.05) is 19.5 Å². The zero-order valence-electron chi connectivity index (χ0n) is 16.7. The minimum Gasteiger partial charge on any atom is -0.496 e. The predicted molar refractivity (Wildman–Crippen MR) is 115 cm³/mol. The van der Waals surface area contributed by atoms with Gasteiger partial charge in [0.1, 0.15) is 5.75 Å². The van der Waals surface area contributed by atoms with E-state index in [0.29, 0.717) is 28.4 Å². The molecule has 8 heteroatoms. The largest absolute Gasteiger partial charge is 0.496 e. The third-order valence-corrected chi connectivity index (χ3v) is 4.90. The molecule has 5 aromatic rings. The number of benzene rings is 3. The lowest BCUT2D eigenvalue weighted by Gasteiger charge is -2.09. The molecule has 0 bridgehead atoms. The molecule has 0 saturated heterocycles. The maximum atomic E-state index is 12.8. The number of hydrogen-bond donors (Lipinski definition) is 1. The molecule has 2 aromatic heterocycles. The topological polar surface area (TPSA) is 99.6 Å². The van der Waals surface area contributed by atoms with Crippen molar-refractivity contribution in [3.05, 3.63) is 66.2 Å². The average molecular weight is 415 g/mol. The lowest BCUT2D eigenvalue weighted by molar-refractivity contribution is 0.102. The zero-order valence-corrected chi connectivity index (χ0v) is 16.7. The number of anilines is 1. The number of nitrogens with zero attached hydrogens (tertiary/aromatic N) is 2. The van der Waals surface area contributed by atoms with Crippen LogP contribution in [0.5, 0.6) is 11.5 Å². The second kappa shape index (κ2) is 7.49. The molecule has 2 heterocycles. The number of hydrogen-bond acceptors (Lipinski definition) is 7. The van der Waals surface area contributed by atoms with Gasteiger partial charge in [0.15, 0.2) is 17.1 Å². The van der Waals surface area contributed by atoms with Gasteiger partial charge in [-0.25, -0.2) is 0 Å². The maximum Gasteiger partial charge on any atom is 0.322 e. The number of fused-ring (bicyclic) bond motifs is 2. The molecule has 1 amide bonds. The Bertz CT molecular complexity index is 1420. The van der Waals surface area contributed by atoms with Gasteiger partial charge in [-0.2, -0.15) is 0 Å². The fraction of sp³-hybridized carbons (Fsp3) is 0.0870. The van der Waals surface area contributed by atoms with Gasteiger partial charge in [-0.15, -0.1) is 5.10 Å². The van der Waals surface area contributed by atoms with Crippen molar-refractivity contribution in [2.24, 2.45) is 0 Å². The van der Waals surface area contributed by atoms with E-state index in [1.165, 1.54) is 7.11 Å². The van der Waals surface area contributed by atoms with E-state index in [-0.39, 0.29) is 11.9 Å². The minimum atomic E-state index is -0.427. The molecule has 0 aliphatic carbocycles. The van der Waals surface area contributed by atoms with Crippen molar-refractivity contribution in [2.45, 2.75) is 0 Å². The van der Waals surface area contributed by atoms with Crippen LogP contribution >= 0.6 is 0 Å². The quantitative estimate of drug-likeness (QED) is 0.435. The highest BCUT2D eigenvalue weighted by atomic mass is 16.5. The van der Waals surface area contributed by atoms with Crippen LogP contribution in [0, 0.1) is 0 Å². The summed E-state index contributed by atoms with van der Waals surface area (Å²) >= 11 is 0. The first-order valence-corrected chi connectivity index (χ1v) is 9.45. The van der Waals surface area contributed by atoms with Crippen LogP contribution in [0.2, 0.25) is 0 Å². The SMILES string of the molecule is COc1cc2ccccc2cc1C(=O)Nc1nnc(-c2cc3cccc(OC)c3o2)o1. The Morgan fingerprint density at radius 2 is 1.58 bits per heavy atom. The first kappa shape index (κ1) is 18.7. The molecule has 31 heavy (non-hydrogen) atoms. The second-order valence-corrected chi connectivity index (χ2v) is 6.76. The molecule has 3 aromatic carbocycles.